The molecule has 0 radical (unpaired) electrons. The van der Waals surface area contributed by atoms with Crippen molar-refractivity contribution in [1.29, 1.82) is 0 Å². The van der Waals surface area contributed by atoms with Crippen LogP contribution in [0.4, 0.5) is 4.79 Å². The second-order valence-electron chi connectivity index (χ2n) is 23.4. The number of unbranched alkanes of at least 4 members (excludes halogenated alkanes) is 12. The van der Waals surface area contributed by atoms with Gasteiger partial charge in [0.2, 0.25) is 41.4 Å². The first-order chi connectivity index (χ1) is 40.3. The number of carbonyl (C=O) groups excluding carboxylic acids is 8. The van der Waals surface area contributed by atoms with Crippen LogP contribution in [0, 0.1) is 5.92 Å². The van der Waals surface area contributed by atoms with E-state index in [1.54, 1.807) is 20.8 Å². The van der Waals surface area contributed by atoms with Crippen LogP contribution in [-0.4, -0.2) is 198 Å². The minimum absolute atomic E-state index is 0. The Bertz CT molecular complexity index is 2340. The van der Waals surface area contributed by atoms with E-state index in [9.17, 15) is 79.4 Å². The van der Waals surface area contributed by atoms with Gasteiger partial charge >= 0.3 is 35.7 Å². The summed E-state index contributed by atoms with van der Waals surface area (Å²) in [5, 5.41) is 107. The summed E-state index contributed by atoms with van der Waals surface area (Å²) < 4.78 is 14.5. The molecule has 1 aromatic rings. The number of amides is 8. The number of phenols is 1. The summed E-state index contributed by atoms with van der Waals surface area (Å²) in [6.45, 7) is 7.76. The van der Waals surface area contributed by atoms with Crippen LogP contribution in [0.2, 0.25) is 0 Å². The molecule has 3 aliphatic heterocycles. The van der Waals surface area contributed by atoms with E-state index in [1.807, 2.05) is 0 Å². The first-order valence-corrected chi connectivity index (χ1v) is 30.2. The summed E-state index contributed by atoms with van der Waals surface area (Å²) in [6.07, 6.45) is 0.513. The maximum atomic E-state index is 14.9. The van der Waals surface area contributed by atoms with Crippen LogP contribution in [0.25, 0.3) is 0 Å². The van der Waals surface area contributed by atoms with Crippen molar-refractivity contribution >= 4 is 59.8 Å². The van der Waals surface area contributed by atoms with Gasteiger partial charge in [0.15, 0.2) is 11.5 Å². The number of aromatic hydroxyl groups is 1. The van der Waals surface area contributed by atoms with Crippen molar-refractivity contribution in [3.05, 3.63) is 23.8 Å². The molecule has 0 aliphatic carbocycles. The predicted octanol–water partition coefficient (Wildman–Crippen LogP) is -3.41. The fourth-order valence-corrected chi connectivity index (χ4v) is 10.7. The van der Waals surface area contributed by atoms with Crippen LogP contribution in [0.15, 0.2) is 18.2 Å². The maximum absolute atomic E-state index is 14.9. The molecule has 8 amide bonds. The Labute approximate surface area is 528 Å². The molecule has 0 aromatic heterocycles. The Morgan fingerprint density at radius 2 is 1.36 bits per heavy atom. The zero-order valence-electron chi connectivity index (χ0n) is 50.5. The molecule has 30 heteroatoms. The third-order valence-corrected chi connectivity index (χ3v) is 15.4. The van der Waals surface area contributed by atoms with Crippen LogP contribution in [0.3, 0.4) is 0 Å². The second-order valence-corrected chi connectivity index (χ2v) is 23.8. The standard InChI is InChI=1S/C56H92N8O20S.Na/c1-7-8-9-10-11-12-13-14-15-16-17-18-19-20-43(71)59-37-27-35(66)29-58-52(76)47-48(72)32(2)30-64(47)54(78)46(40(69)23-24-57-55(79)81-56(4,5)6)62-51(75)45(41(70)25-34-21-22-39(68)42(26-34)82-85-84-83-80)61-50(74)38-28-36(67)31-63(38)53(77)44(33(3)65)60-49(37)73;/h21-22,26,32-33,35-38,40-41,44-48,65-70,72,80H,7-20,23-25,27-31H2,1-6H3,(H,57,79)(H,58,76)(H,59,71)(H,60,73)(H,61,74)(H,62,75);/q;+1/p-1/t32-,33+,35+,36+,37+,38+,40-,41-,44+,45+,46+,47+,48+;/m1./s1. The van der Waals surface area contributed by atoms with Gasteiger partial charge in [0.1, 0.15) is 41.9 Å². The molecule has 3 aliphatic rings. The molecule has 0 bridgehead atoms. The maximum Gasteiger partial charge on any atom is 1.00 e. The molecule has 482 valence electrons. The number of alkyl carbamates (subject to hydrolysis) is 1. The summed E-state index contributed by atoms with van der Waals surface area (Å²) in [5.74, 6) is -9.14. The van der Waals surface area contributed by atoms with E-state index in [0.717, 1.165) is 61.0 Å². The molecule has 3 fully saturated rings. The topological polar surface area (TPSA) is 417 Å². The van der Waals surface area contributed by atoms with E-state index in [4.69, 9.17) is 8.92 Å². The normalized spacial score (nSPS) is 25.6. The van der Waals surface area contributed by atoms with Crippen LogP contribution < -0.4 is 70.9 Å². The molecule has 3 heterocycles. The second kappa shape index (κ2) is 38.0. The van der Waals surface area contributed by atoms with Crippen LogP contribution in [0.5, 0.6) is 11.5 Å². The van der Waals surface area contributed by atoms with Crippen molar-refractivity contribution in [3.8, 4) is 11.5 Å². The van der Waals surface area contributed by atoms with Gasteiger partial charge < -0.3 is 91.6 Å². The minimum atomic E-state index is -2.15. The molecule has 0 saturated carbocycles. The van der Waals surface area contributed by atoms with Gasteiger partial charge in [0, 0.05) is 57.8 Å². The number of hydrogen-bond acceptors (Lipinski definition) is 21. The largest absolute Gasteiger partial charge is 1.00 e. The van der Waals surface area contributed by atoms with Crippen LogP contribution in [-0.2, 0) is 54.1 Å². The average molecular weight is 1250 g/mol. The number of nitrogens with one attached hydrogen (secondary N) is 6. The third-order valence-electron chi connectivity index (χ3n) is 15.0. The number of fused-ring (bicyclic) bond motifs is 2. The third kappa shape index (κ3) is 24.7. The molecule has 0 unspecified atom stereocenters. The van der Waals surface area contributed by atoms with Crippen molar-refractivity contribution in [2.45, 2.75) is 236 Å². The van der Waals surface area contributed by atoms with E-state index < -0.39 is 176 Å². The summed E-state index contributed by atoms with van der Waals surface area (Å²) in [7, 11) is 0. The predicted molar refractivity (Wildman–Crippen MR) is 303 cm³/mol. The zero-order chi connectivity index (χ0) is 63.0. The molecule has 3 saturated heterocycles. The number of carbonyl (C=O) groups is 8. The molecule has 0 spiro atoms. The number of nitrogens with zero attached hydrogens (tertiary/aromatic N) is 2. The molecule has 28 nitrogen and oxygen atoms in total. The minimum Gasteiger partial charge on any atom is -0.691 e. The van der Waals surface area contributed by atoms with E-state index in [-0.39, 0.29) is 72.7 Å². The summed E-state index contributed by atoms with van der Waals surface area (Å²) >= 11 is 0.0138. The van der Waals surface area contributed by atoms with Crippen LogP contribution in [0.1, 0.15) is 156 Å². The van der Waals surface area contributed by atoms with Gasteiger partial charge in [0.25, 0.3) is 12.3 Å². The van der Waals surface area contributed by atoms with Gasteiger partial charge in [0.05, 0.1) is 36.6 Å². The Hall–Kier alpha value is -4.63. The SMILES string of the molecule is CCCCCCCCCCCCCCCC(=O)N[C@H]1C[C@H](O)CNC(=O)[C@@H]2[C@@H](O)[C@H](C)CN2C(=O)[C@H]([C@H](O)CCNC(=O)OC(C)(C)C)NC(=O)[C@H]([C@H](O)Cc2ccc(O)c(OSOO[O-])c2)NC(=O)[C@@H]2C[C@H](O)CN2C(=O)[C@H]([C@H](C)O)NC1=O.[Na+]. The van der Waals surface area contributed by atoms with E-state index in [2.05, 4.69) is 48.2 Å². The molecule has 13 atom stereocenters. The number of phenolic OH excluding ortho intramolecular Hbond substituents is 1. The molecule has 86 heavy (non-hydrogen) atoms. The fraction of sp³-hybridized carbons (Fsp3) is 0.750. The molecule has 4 rings (SSSR count). The number of benzene rings is 1. The Morgan fingerprint density at radius 3 is 1.97 bits per heavy atom. The summed E-state index contributed by atoms with van der Waals surface area (Å²) in [6, 6.07) is -7.60. The molecule has 13 N–H and O–H groups in total. The Kier molecular flexibility index (Phi) is 33.4. The smallest absolute Gasteiger partial charge is 0.691 e. The first-order valence-electron chi connectivity index (χ1n) is 29.5. The molecular formula is C56H91N8NaO20S. The van der Waals surface area contributed by atoms with Crippen LogP contribution >= 0.6 is 12.3 Å². The van der Waals surface area contributed by atoms with E-state index in [0.29, 0.717) is 6.42 Å². The van der Waals surface area contributed by atoms with Gasteiger partial charge in [-0.1, -0.05) is 97.0 Å². The number of aliphatic hydroxyl groups is 6. The number of β-amino-alcohol motifs (C(OH)–C–C–N with tert-alkyl or cyclic N) is 1. The Balaban J connectivity index is 0.0000194. The van der Waals surface area contributed by atoms with Gasteiger partial charge in [-0.05, 0) is 58.2 Å². The van der Waals surface area contributed by atoms with E-state index >= 15 is 0 Å². The van der Waals surface area contributed by atoms with Crippen molar-refractivity contribution < 1.29 is 127 Å². The van der Waals surface area contributed by atoms with Crippen molar-refractivity contribution in [2.75, 3.05) is 26.2 Å². The number of aliphatic hydroxyl groups excluding tert-OH is 6. The van der Waals surface area contributed by atoms with Crippen molar-refractivity contribution in [3.63, 3.8) is 0 Å². The number of hydrogen-bond donors (Lipinski definition) is 13. The van der Waals surface area contributed by atoms with Gasteiger partial charge in [-0.15, -0.1) is 4.33 Å². The van der Waals surface area contributed by atoms with E-state index in [1.165, 1.54) is 57.9 Å². The van der Waals surface area contributed by atoms with Crippen molar-refractivity contribution in [1.82, 2.24) is 41.7 Å². The fourth-order valence-electron chi connectivity index (χ4n) is 10.5. The van der Waals surface area contributed by atoms with Gasteiger partial charge in [-0.3, -0.25) is 38.6 Å². The molecular weight excluding hydrogens is 1160 g/mol. The average Bonchev–Trinajstić information content (AvgIpc) is 2.28. The summed E-state index contributed by atoms with van der Waals surface area (Å²) in [4.78, 5) is 115. The molecule has 1 aromatic carbocycles. The Morgan fingerprint density at radius 1 is 0.767 bits per heavy atom. The zero-order valence-corrected chi connectivity index (χ0v) is 53.4. The number of rotatable bonds is 27. The van der Waals surface area contributed by atoms with Crippen molar-refractivity contribution in [2.24, 2.45) is 5.92 Å². The van der Waals surface area contributed by atoms with Gasteiger partial charge in [-0.2, -0.15) is 0 Å². The summed E-state index contributed by atoms with van der Waals surface area (Å²) in [5.41, 5.74) is -0.831. The quantitative estimate of drug-likeness (QED) is 0.0134. The van der Waals surface area contributed by atoms with Gasteiger partial charge in [-0.25, -0.2) is 4.79 Å². The number of ether oxygens (including phenoxy) is 1. The first kappa shape index (κ1) is 75.6. The monoisotopic (exact) mass is 1250 g/mol.